The predicted octanol–water partition coefficient (Wildman–Crippen LogP) is 3.00. The number of aliphatic hydroxyl groups is 1. The molecular weight excluding hydrogens is 370 g/mol. The fourth-order valence-electron chi connectivity index (χ4n) is 3.69. The van der Waals surface area contributed by atoms with Crippen LogP contribution < -0.4 is 0 Å². The number of hydrogen-bond donors (Lipinski definition) is 1. The van der Waals surface area contributed by atoms with E-state index in [4.69, 9.17) is 0 Å². The lowest BCUT2D eigenvalue weighted by Crippen LogP contribution is -2.48. The molecule has 156 valence electrons. The van der Waals surface area contributed by atoms with Gasteiger partial charge in [-0.25, -0.2) is 0 Å². The van der Waals surface area contributed by atoms with Crippen LogP contribution in [0.2, 0.25) is 0 Å². The Hall–Kier alpha value is -2.77. The number of non-ortho nitro benzene ring substituents is 1. The molecule has 29 heavy (non-hydrogen) atoms. The molecule has 0 saturated heterocycles. The van der Waals surface area contributed by atoms with Gasteiger partial charge in [0.15, 0.2) is 0 Å². The number of aliphatic hydroxyl groups excluding tert-OH is 1. The second-order valence-corrected chi connectivity index (χ2v) is 7.70. The summed E-state index contributed by atoms with van der Waals surface area (Å²) in [5.74, 6) is -0.235. The zero-order chi connectivity index (χ0) is 21.6. The maximum absolute atomic E-state index is 13.5. The number of nitro groups is 1. The molecule has 0 aliphatic carbocycles. The quantitative estimate of drug-likeness (QED) is 0.517. The summed E-state index contributed by atoms with van der Waals surface area (Å²) in [6, 6.07) is 15.1. The summed E-state index contributed by atoms with van der Waals surface area (Å²) in [6.45, 7) is 0.747. The van der Waals surface area contributed by atoms with Gasteiger partial charge in [-0.2, -0.15) is 0 Å². The van der Waals surface area contributed by atoms with Gasteiger partial charge in [0.1, 0.15) is 5.41 Å². The van der Waals surface area contributed by atoms with E-state index in [0.29, 0.717) is 24.0 Å². The van der Waals surface area contributed by atoms with Crippen molar-refractivity contribution in [3.8, 4) is 0 Å². The largest absolute Gasteiger partial charge is 0.387 e. The number of benzene rings is 2. The maximum Gasteiger partial charge on any atom is 0.269 e. The minimum Gasteiger partial charge on any atom is -0.387 e. The Morgan fingerprint density at radius 1 is 1.10 bits per heavy atom. The van der Waals surface area contributed by atoms with E-state index in [2.05, 4.69) is 0 Å². The van der Waals surface area contributed by atoms with E-state index in [9.17, 15) is 20.0 Å². The average molecular weight is 399 g/mol. The Labute approximate surface area is 171 Å². The zero-order valence-corrected chi connectivity index (χ0v) is 17.4. The van der Waals surface area contributed by atoms with Gasteiger partial charge in [0.2, 0.25) is 5.91 Å². The number of carbonyl (C=O) groups is 1. The van der Waals surface area contributed by atoms with E-state index in [1.165, 1.54) is 23.1 Å². The highest BCUT2D eigenvalue weighted by atomic mass is 16.6. The van der Waals surface area contributed by atoms with Crippen molar-refractivity contribution in [2.45, 2.75) is 24.4 Å². The Kier molecular flexibility index (Phi) is 7.47. The second-order valence-electron chi connectivity index (χ2n) is 7.70. The molecule has 7 nitrogen and oxygen atoms in total. The van der Waals surface area contributed by atoms with Crippen molar-refractivity contribution < 1.29 is 14.8 Å². The third-order valence-corrected chi connectivity index (χ3v) is 5.12. The summed E-state index contributed by atoms with van der Waals surface area (Å²) in [6.07, 6.45) is -0.161. The smallest absolute Gasteiger partial charge is 0.269 e. The monoisotopic (exact) mass is 399 g/mol. The van der Waals surface area contributed by atoms with Crippen LogP contribution in [0.15, 0.2) is 54.6 Å². The van der Waals surface area contributed by atoms with Crippen LogP contribution in [-0.4, -0.2) is 60.5 Å². The van der Waals surface area contributed by atoms with Crippen LogP contribution in [0.1, 0.15) is 30.1 Å². The van der Waals surface area contributed by atoms with Gasteiger partial charge in [0, 0.05) is 26.2 Å². The number of carbonyl (C=O) groups excluding carboxylic acids is 1. The SMILES string of the molecule is CN(C)CCCC(C(=O)N(C)C)(c1ccccc1)C(O)c1cccc([N+](=O)[O-])c1. The molecule has 2 rings (SSSR count). The van der Waals surface area contributed by atoms with Crippen LogP contribution in [0.5, 0.6) is 0 Å². The zero-order valence-electron chi connectivity index (χ0n) is 17.4. The number of nitrogens with zero attached hydrogens (tertiary/aromatic N) is 3. The van der Waals surface area contributed by atoms with Gasteiger partial charge in [0.25, 0.3) is 5.69 Å². The van der Waals surface area contributed by atoms with Crippen molar-refractivity contribution in [3.63, 3.8) is 0 Å². The summed E-state index contributed by atoms with van der Waals surface area (Å²) in [4.78, 5) is 27.7. The summed E-state index contributed by atoms with van der Waals surface area (Å²) in [7, 11) is 7.22. The lowest BCUT2D eigenvalue weighted by atomic mass is 9.69. The molecule has 0 fully saturated rings. The average Bonchev–Trinajstić information content (AvgIpc) is 2.70. The van der Waals surface area contributed by atoms with Gasteiger partial charge in [-0.05, 0) is 44.6 Å². The minimum atomic E-state index is -1.25. The molecule has 1 N–H and O–H groups in total. The van der Waals surface area contributed by atoms with Gasteiger partial charge >= 0.3 is 0 Å². The first kappa shape index (κ1) is 22.5. The van der Waals surface area contributed by atoms with Gasteiger partial charge in [-0.3, -0.25) is 14.9 Å². The first-order valence-corrected chi connectivity index (χ1v) is 9.54. The first-order chi connectivity index (χ1) is 13.7. The molecule has 2 atom stereocenters. The molecule has 0 aromatic heterocycles. The van der Waals surface area contributed by atoms with Crippen molar-refractivity contribution in [1.29, 1.82) is 0 Å². The molecule has 0 aliphatic rings. The standard InChI is InChI=1S/C22H29N3O4/c1-23(2)15-9-14-22(21(27)24(3)4,18-11-6-5-7-12-18)20(26)17-10-8-13-19(16-17)25(28)29/h5-8,10-13,16,20,26H,9,14-15H2,1-4H3. The highest BCUT2D eigenvalue weighted by Crippen LogP contribution is 2.43. The molecule has 0 saturated carbocycles. The van der Waals surface area contributed by atoms with E-state index < -0.39 is 16.4 Å². The molecule has 1 amide bonds. The number of likely N-dealkylation sites (N-methyl/N-ethyl adjacent to an activating group) is 1. The highest BCUT2D eigenvalue weighted by Gasteiger charge is 2.48. The second kappa shape index (κ2) is 9.62. The van der Waals surface area contributed by atoms with E-state index >= 15 is 0 Å². The van der Waals surface area contributed by atoms with Crippen LogP contribution in [-0.2, 0) is 10.2 Å². The van der Waals surface area contributed by atoms with Crippen LogP contribution >= 0.6 is 0 Å². The molecular formula is C22H29N3O4. The highest BCUT2D eigenvalue weighted by molar-refractivity contribution is 5.89. The van der Waals surface area contributed by atoms with Crippen LogP contribution in [0.25, 0.3) is 0 Å². The summed E-state index contributed by atoms with van der Waals surface area (Å²) >= 11 is 0. The first-order valence-electron chi connectivity index (χ1n) is 9.54. The fraction of sp³-hybridized carbons (Fsp3) is 0.409. The van der Waals surface area contributed by atoms with Crippen LogP contribution in [0, 0.1) is 10.1 Å². The third kappa shape index (κ3) is 4.99. The Morgan fingerprint density at radius 3 is 2.31 bits per heavy atom. The van der Waals surface area contributed by atoms with Crippen LogP contribution in [0.3, 0.4) is 0 Å². The molecule has 0 aliphatic heterocycles. The van der Waals surface area contributed by atoms with Gasteiger partial charge in [0.05, 0.1) is 11.0 Å². The molecule has 0 bridgehead atoms. The molecule has 2 aromatic rings. The topological polar surface area (TPSA) is 86.9 Å². The number of amides is 1. The molecule has 0 spiro atoms. The Balaban J connectivity index is 2.64. The Morgan fingerprint density at radius 2 is 1.76 bits per heavy atom. The van der Waals surface area contributed by atoms with E-state index in [-0.39, 0.29) is 11.6 Å². The number of hydrogen-bond acceptors (Lipinski definition) is 5. The predicted molar refractivity (Wildman–Crippen MR) is 113 cm³/mol. The molecule has 7 heteroatoms. The lowest BCUT2D eigenvalue weighted by molar-refractivity contribution is -0.385. The van der Waals surface area contributed by atoms with Gasteiger partial charge in [-0.1, -0.05) is 42.5 Å². The van der Waals surface area contributed by atoms with E-state index in [0.717, 1.165) is 6.54 Å². The lowest BCUT2D eigenvalue weighted by Gasteiger charge is -2.39. The summed E-state index contributed by atoms with van der Waals surface area (Å²) in [5, 5.41) is 22.7. The summed E-state index contributed by atoms with van der Waals surface area (Å²) < 4.78 is 0. The van der Waals surface area contributed by atoms with Crippen molar-refractivity contribution in [3.05, 3.63) is 75.8 Å². The maximum atomic E-state index is 13.5. The fourth-order valence-corrected chi connectivity index (χ4v) is 3.69. The minimum absolute atomic E-state index is 0.117. The van der Waals surface area contributed by atoms with Crippen molar-refractivity contribution >= 4 is 11.6 Å². The molecule has 0 heterocycles. The molecule has 0 radical (unpaired) electrons. The summed E-state index contributed by atoms with van der Waals surface area (Å²) in [5.41, 5.74) is -0.329. The normalized spacial score (nSPS) is 14.3. The van der Waals surface area contributed by atoms with Gasteiger partial charge in [-0.15, -0.1) is 0 Å². The number of rotatable bonds is 9. The van der Waals surface area contributed by atoms with Crippen molar-refractivity contribution in [1.82, 2.24) is 9.80 Å². The van der Waals surface area contributed by atoms with Gasteiger partial charge < -0.3 is 14.9 Å². The van der Waals surface area contributed by atoms with Crippen molar-refractivity contribution in [2.24, 2.45) is 0 Å². The van der Waals surface area contributed by atoms with E-state index in [1.54, 1.807) is 20.2 Å². The van der Waals surface area contributed by atoms with Crippen LogP contribution in [0.4, 0.5) is 5.69 Å². The number of nitro benzene ring substituents is 1. The van der Waals surface area contributed by atoms with Crippen molar-refractivity contribution in [2.75, 3.05) is 34.7 Å². The molecule has 2 aromatic carbocycles. The molecule has 2 unspecified atom stereocenters. The third-order valence-electron chi connectivity index (χ3n) is 5.12. The van der Waals surface area contributed by atoms with E-state index in [1.807, 2.05) is 49.3 Å². The Bertz CT molecular complexity index is 839.